The van der Waals surface area contributed by atoms with Crippen molar-refractivity contribution in [3.8, 4) is 45.9 Å². The third-order valence-corrected chi connectivity index (χ3v) is 19.1. The van der Waals surface area contributed by atoms with Crippen molar-refractivity contribution in [1.82, 2.24) is 74.2 Å². The van der Waals surface area contributed by atoms with Crippen molar-refractivity contribution in [3.63, 3.8) is 0 Å². The normalized spacial score (nSPS) is 10.2. The molecule has 0 amide bonds. The number of rotatable bonds is 14. The molecule has 0 radical (unpaired) electrons. The van der Waals surface area contributed by atoms with E-state index in [4.69, 9.17) is 114 Å². The fourth-order valence-corrected chi connectivity index (χ4v) is 12.1. The molecule has 0 unspecified atom stereocenters. The topological polar surface area (TPSA) is 435 Å². The molecule has 0 atom stereocenters. The van der Waals surface area contributed by atoms with Crippen molar-refractivity contribution in [1.29, 1.82) is 10.5 Å². The molecule has 0 spiro atoms. The van der Waals surface area contributed by atoms with E-state index in [1.165, 1.54) is 105 Å². The number of anilines is 3. The number of alkyl halides is 1. The van der Waals surface area contributed by atoms with Crippen LogP contribution < -0.4 is 16.2 Å². The highest BCUT2D eigenvalue weighted by Crippen LogP contribution is 2.29. The van der Waals surface area contributed by atoms with Gasteiger partial charge in [0.2, 0.25) is 5.78 Å². The van der Waals surface area contributed by atoms with Gasteiger partial charge in [-0.05, 0) is 114 Å². The average Bonchev–Trinajstić information content (AvgIpc) is 1.69. The molecule has 0 fully saturated rings. The first-order valence-corrected chi connectivity index (χ1v) is 49.7. The highest BCUT2D eigenvalue weighted by Gasteiger charge is 2.21. The Morgan fingerprint density at radius 3 is 1.38 bits per heavy atom. The number of esters is 1. The van der Waals surface area contributed by atoms with Crippen molar-refractivity contribution in [2.75, 3.05) is 47.9 Å². The van der Waals surface area contributed by atoms with Gasteiger partial charge in [0.1, 0.15) is 17.5 Å². The van der Waals surface area contributed by atoms with Gasteiger partial charge in [0.15, 0.2) is 11.3 Å². The number of aromatic carboxylic acids is 1. The first kappa shape index (κ1) is 113. The Morgan fingerprint density at radius 2 is 0.992 bits per heavy atom. The summed E-state index contributed by atoms with van der Waals surface area (Å²) in [5.74, 6) is -0.428. The minimum atomic E-state index is -3.80. The zero-order chi connectivity index (χ0) is 92.2. The number of nitrogens with one attached hydrogen (secondary N) is 2. The number of aromatic nitrogens is 14. The van der Waals surface area contributed by atoms with Gasteiger partial charge in [-0.3, -0.25) is 44.5 Å². The molecule has 662 valence electrons. The number of hydrogen-bond donors (Lipinski definition) is 5. The van der Waals surface area contributed by atoms with Crippen molar-refractivity contribution >= 4 is 206 Å². The van der Waals surface area contributed by atoms with Crippen LogP contribution in [0.4, 0.5) is 17.5 Å². The number of carboxylic acids is 1. The van der Waals surface area contributed by atoms with E-state index in [1.807, 2.05) is 29.2 Å². The minimum absolute atomic E-state index is 0. The van der Waals surface area contributed by atoms with Crippen LogP contribution in [-0.2, 0) is 34.6 Å². The van der Waals surface area contributed by atoms with Crippen molar-refractivity contribution < 1.29 is 41.1 Å². The summed E-state index contributed by atoms with van der Waals surface area (Å²) in [6, 6.07) is 35.4. The zero-order valence-electron chi connectivity index (χ0n) is 67.4. The zero-order valence-corrected chi connectivity index (χ0v) is 80.8. The number of allylic oxidation sites excluding steroid dienone is 1. The maximum absolute atomic E-state index is 12.9. The summed E-state index contributed by atoms with van der Waals surface area (Å²) in [5.41, 5.74) is 19.9. The van der Waals surface area contributed by atoms with E-state index in [1.54, 1.807) is 121 Å². The molecule has 11 heterocycles. The number of sulfonamides is 1. The maximum atomic E-state index is 12.9. The molecular formula is C83H89Cl7I3N21O9S2. The number of Topliss-reactive ketones (excluding diaryl/α,β-unsaturated/α-hetero) is 1. The second-order valence-electron chi connectivity index (χ2n) is 25.9. The van der Waals surface area contributed by atoms with Crippen molar-refractivity contribution in [3.05, 3.63) is 284 Å². The van der Waals surface area contributed by atoms with E-state index in [2.05, 4.69) is 195 Å². The first-order chi connectivity index (χ1) is 58.3. The Balaban J connectivity index is 0.000000729. The molecule has 30 nitrogen and oxygen atoms in total. The fourth-order valence-electron chi connectivity index (χ4n) is 9.24. The number of nitriles is 2. The maximum Gasteiger partial charge on any atom is 0.339 e. The molecular weight excluding hydrogens is 2130 g/mol. The third kappa shape index (κ3) is 40.0. The second-order valence-corrected chi connectivity index (χ2v) is 32.7. The monoisotopic (exact) mass is 2210 g/mol. The molecule has 0 aliphatic carbocycles. The highest BCUT2D eigenvalue weighted by atomic mass is 128. The Labute approximate surface area is 798 Å². The van der Waals surface area contributed by atoms with E-state index in [0.29, 0.717) is 75.5 Å². The number of ketones is 1. The van der Waals surface area contributed by atoms with Crippen LogP contribution >= 0.6 is 140 Å². The lowest BCUT2D eigenvalue weighted by molar-refractivity contribution is 0.0599. The summed E-state index contributed by atoms with van der Waals surface area (Å²) in [4.78, 5) is 71.0. The Kier molecular flexibility index (Phi) is 52.0. The number of halogens is 10. The van der Waals surface area contributed by atoms with Gasteiger partial charge in [-0.25, -0.2) is 43.0 Å². The van der Waals surface area contributed by atoms with Gasteiger partial charge in [0, 0.05) is 207 Å². The van der Waals surface area contributed by atoms with E-state index < -0.39 is 31.0 Å². The standard InChI is InChI=1S/C21H20ClN5O2S.C11H8ClN5.C10H13ClO2S.C8H7ClN4.C8H5ClN2O.C7H6ClNO2.C7H12N2.C6H4ClNO2.C2H3N.CH3I.2CH4.I2/c1-21(2,3)15-4-6-17(7-5-15)30(28,29)26-19-8-9-24-20-11-18(25-27(19)20)14-10-16(22)13-23-12-14;12-8-3-7(5-14-6-8)9-4-11-15-2-1-10(13)17(11)16-9;1-10(2,3)8-4-6-9(7-5-8)14(11,12)13;9-6-1-5(3-11-4-6)7-2-8(10)13-12-7;1-10-5-8(12)6-2-7(9)4-11-3-6;1-11-7(10)5-2-6(8)4-9-3-5;1-3-9(4-2)7-5-6-8;7-5-1-4(6(9)10)2-8-3-5;1-2-3;1-2;;;1-2/h4-13,26H,1-3H3;1-6H,13H2;4-7H,1-3H3;1-4H,(H3,10,12,13);2-4H,5H2;2-4H,1H3;5,7H,3-4H2,1-2H3;1-3H,(H,9,10);1H3;1H3;2*1H4;/b;;;;;;7-5+;;;;;;. The lowest BCUT2D eigenvalue weighted by Gasteiger charge is -2.19. The van der Waals surface area contributed by atoms with Crippen molar-refractivity contribution in [2.24, 2.45) is 0 Å². The Hall–Kier alpha value is -10.1. The van der Waals surface area contributed by atoms with Crippen LogP contribution in [0.3, 0.4) is 0 Å². The first-order valence-electron chi connectivity index (χ1n) is 35.2. The number of carbonyl (C=O) groups is 3. The molecule has 11 aromatic heterocycles. The Bertz CT molecular complexity index is 5990. The molecule has 7 N–H and O–H groups in total. The SMILES string of the molecule is C.C.CC#N.CC(C)(C)c1ccc(S(=O)(=O)Cl)cc1.CC(C)(C)c1ccc(S(=O)(=O)Nc2ccnc3cc(-c4cncc(Cl)c4)nn23)cc1.CCN(/C=C/C#N)CC.CI.COC(=O)c1cncc(Cl)c1.II.Nc1cc(-c2cncc(Cl)c2)[nH]n1.Nc1ccnc2cc(-c3cncc(Cl)c3)nn12.O=C(O)c1cncc(Cl)c1.[C-]#[N+]CC(=O)c1cncc(Cl)c1. The number of pyridine rings is 6. The predicted molar refractivity (Wildman–Crippen MR) is 524 cm³/mol. The van der Waals surface area contributed by atoms with Gasteiger partial charge in [0.25, 0.3) is 25.6 Å². The molecule has 0 bridgehead atoms. The van der Waals surface area contributed by atoms with Crippen LogP contribution in [0.1, 0.15) is 119 Å². The number of H-pyrrole nitrogens is 1. The number of carbonyl (C=O) groups excluding carboxylic acids is 2. The summed E-state index contributed by atoms with van der Waals surface area (Å²) in [6.07, 6.45) is 24.5. The number of fused-ring (bicyclic) bond motifs is 2. The number of nitrogen functional groups attached to an aromatic ring is 2. The molecule has 0 saturated carbocycles. The van der Waals surface area contributed by atoms with Crippen LogP contribution in [0.2, 0.25) is 30.1 Å². The van der Waals surface area contributed by atoms with Gasteiger partial charge >= 0.3 is 11.9 Å². The summed E-state index contributed by atoms with van der Waals surface area (Å²) in [5, 5.41) is 42.1. The number of benzene rings is 2. The smallest absolute Gasteiger partial charge is 0.339 e. The Morgan fingerprint density at radius 1 is 0.600 bits per heavy atom. The quantitative estimate of drug-likeness (QED) is 0.0128. The number of nitrogens with zero attached hydrogens (tertiary/aromatic N) is 17. The van der Waals surface area contributed by atoms with Crippen LogP contribution in [-0.4, -0.2) is 146 Å². The number of aromatic amines is 1. The van der Waals surface area contributed by atoms with Crippen molar-refractivity contribution in [2.45, 2.75) is 97.8 Å². The molecule has 125 heavy (non-hydrogen) atoms. The van der Waals surface area contributed by atoms with Crippen LogP contribution in [0.5, 0.6) is 0 Å². The van der Waals surface area contributed by atoms with Gasteiger partial charge in [-0.2, -0.15) is 34.9 Å². The number of hydrogen-bond acceptors (Lipinski definition) is 24. The number of carboxylic acid groups (broad SMARTS) is 1. The van der Waals surface area contributed by atoms with Gasteiger partial charge in [-0.15, -0.1) is 0 Å². The molecule has 42 heteroatoms. The van der Waals surface area contributed by atoms with E-state index >= 15 is 0 Å². The highest BCUT2D eigenvalue weighted by molar-refractivity contribution is 15.0. The second kappa shape index (κ2) is 57.5. The lowest BCUT2D eigenvalue weighted by Crippen LogP contribution is -2.16. The molecule has 0 aliphatic rings. The third-order valence-electron chi connectivity index (χ3n) is 15.1. The fraction of sp³-hybridized carbons (Fsp3) is 0.217. The average molecular weight is 2220 g/mol. The summed E-state index contributed by atoms with van der Waals surface area (Å²) in [6.45, 7) is 26.3. The summed E-state index contributed by atoms with van der Waals surface area (Å²) < 4.78 is 57.9. The number of ether oxygens (including phenoxy) is 1. The van der Waals surface area contributed by atoms with Crippen LogP contribution in [0.25, 0.3) is 49.9 Å². The van der Waals surface area contributed by atoms with Gasteiger partial charge in [-0.1, -0.05) is 173 Å². The molecule has 13 aromatic rings. The van der Waals surface area contributed by atoms with E-state index in [9.17, 15) is 31.2 Å². The summed E-state index contributed by atoms with van der Waals surface area (Å²) >= 11 is 40.7. The summed E-state index contributed by atoms with van der Waals surface area (Å²) in [7, 11) is -0.888. The number of nitrogens with two attached hydrogens (primary N) is 2. The predicted octanol–water partition coefficient (Wildman–Crippen LogP) is 22.0. The van der Waals surface area contributed by atoms with Gasteiger partial charge in [0.05, 0.1) is 87.4 Å². The lowest BCUT2D eigenvalue weighted by atomic mass is 9.87. The molecule has 0 aliphatic heterocycles. The number of methoxy groups -OCH3 is 1. The largest absolute Gasteiger partial charge is 0.478 e. The van der Waals surface area contributed by atoms with Crippen LogP contribution in [0.15, 0.2) is 224 Å². The van der Waals surface area contributed by atoms with Crippen LogP contribution in [0, 0.1) is 29.2 Å². The van der Waals surface area contributed by atoms with E-state index in [-0.39, 0.29) is 59.2 Å². The molecule has 2 aromatic carbocycles. The minimum Gasteiger partial charge on any atom is -0.478 e. The molecule has 0 saturated heterocycles. The van der Waals surface area contributed by atoms with E-state index in [0.717, 1.165) is 46.7 Å². The molecule has 13 rings (SSSR count). The van der Waals surface area contributed by atoms with Gasteiger partial charge < -0.3 is 31.1 Å².